The molecule has 1 amide bonds. The Morgan fingerprint density at radius 3 is 2.27 bits per heavy atom. The van der Waals surface area contributed by atoms with Gasteiger partial charge in [-0.25, -0.2) is 0 Å². The molecule has 208 valence electrons. The van der Waals surface area contributed by atoms with E-state index in [-0.39, 0.29) is 11.9 Å². The lowest BCUT2D eigenvalue weighted by molar-refractivity contribution is -0.120. The number of amides is 1. The molecule has 0 atom stereocenters. The fourth-order valence-corrected chi connectivity index (χ4v) is 6.27. The largest absolute Gasteiger partial charge is 0.497 e. The number of fused-ring (bicyclic) bond motifs is 3. The molecule has 2 heterocycles. The maximum absolute atomic E-state index is 12.1. The zero-order valence-electron chi connectivity index (χ0n) is 22.9. The van der Waals surface area contributed by atoms with Crippen LogP contribution in [0, 0.1) is 0 Å². The molecule has 1 N–H and O–H groups in total. The highest BCUT2D eigenvalue weighted by Crippen LogP contribution is 2.45. The van der Waals surface area contributed by atoms with Crippen LogP contribution in [0.15, 0.2) is 83.6 Å². The smallest absolute Gasteiger partial charge is 0.221 e. The Morgan fingerprint density at radius 1 is 1.00 bits per heavy atom. The highest BCUT2D eigenvalue weighted by Gasteiger charge is 2.32. The molecule has 0 spiro atoms. The SMILES string of the molecule is COc1ccc(C(c2ccc(OC)cc2)n2nc(-c3ccsc3)c3c2-c2cc(CNC(=O)CCCl)ccc2C3)cc1. The van der Waals surface area contributed by atoms with Crippen molar-refractivity contribution < 1.29 is 14.3 Å². The average molecular weight is 584 g/mol. The van der Waals surface area contributed by atoms with E-state index in [9.17, 15) is 4.79 Å². The number of aromatic nitrogens is 2. The van der Waals surface area contributed by atoms with Crippen LogP contribution >= 0.6 is 22.9 Å². The Labute approximate surface area is 248 Å². The van der Waals surface area contributed by atoms with Gasteiger partial charge < -0.3 is 14.8 Å². The summed E-state index contributed by atoms with van der Waals surface area (Å²) >= 11 is 7.43. The maximum atomic E-state index is 12.1. The molecule has 0 fully saturated rings. The molecule has 0 unspecified atom stereocenters. The van der Waals surface area contributed by atoms with Crippen LogP contribution in [-0.4, -0.2) is 35.8 Å². The minimum Gasteiger partial charge on any atom is -0.497 e. The third-order valence-corrected chi connectivity index (χ3v) is 8.39. The van der Waals surface area contributed by atoms with E-state index in [0.29, 0.717) is 18.8 Å². The number of alkyl halides is 1. The second-order valence-corrected chi connectivity index (χ2v) is 11.1. The number of halogens is 1. The number of hydrogen-bond acceptors (Lipinski definition) is 5. The van der Waals surface area contributed by atoms with Crippen molar-refractivity contribution in [2.24, 2.45) is 0 Å². The standard InChI is InChI=1S/C33H30ClN3O3S/c1-39-26-9-5-22(6-10-26)32(23-7-11-27(40-2)12-8-23)37-33-28-17-21(19-35-30(38)13-15-34)3-4-24(28)18-29(33)31(36-37)25-14-16-41-20-25/h3-12,14,16-17,20,32H,13,15,18-19H2,1-2H3,(H,35,38). The van der Waals surface area contributed by atoms with Gasteiger partial charge in [0.2, 0.25) is 5.91 Å². The van der Waals surface area contributed by atoms with Gasteiger partial charge in [-0.3, -0.25) is 9.48 Å². The van der Waals surface area contributed by atoms with Crippen LogP contribution in [0.2, 0.25) is 0 Å². The van der Waals surface area contributed by atoms with Gasteiger partial charge in [-0.1, -0.05) is 36.4 Å². The van der Waals surface area contributed by atoms with Crippen LogP contribution in [0.25, 0.3) is 22.5 Å². The topological polar surface area (TPSA) is 65.4 Å². The minimum atomic E-state index is -0.189. The predicted molar refractivity (Wildman–Crippen MR) is 164 cm³/mol. The zero-order valence-corrected chi connectivity index (χ0v) is 24.5. The maximum Gasteiger partial charge on any atom is 0.221 e. The van der Waals surface area contributed by atoms with Crippen LogP contribution in [-0.2, 0) is 17.8 Å². The van der Waals surface area contributed by atoms with Gasteiger partial charge in [-0.15, -0.1) is 11.6 Å². The summed E-state index contributed by atoms with van der Waals surface area (Å²) in [6.45, 7) is 0.449. The second kappa shape index (κ2) is 11.8. The summed E-state index contributed by atoms with van der Waals surface area (Å²) in [6, 6.07) is 24.8. The molecule has 41 heavy (non-hydrogen) atoms. The van der Waals surface area contributed by atoms with Gasteiger partial charge in [0.05, 0.1) is 25.6 Å². The Balaban J connectivity index is 1.51. The van der Waals surface area contributed by atoms with Crippen molar-refractivity contribution in [2.75, 3.05) is 20.1 Å². The molecule has 0 bridgehead atoms. The summed E-state index contributed by atoms with van der Waals surface area (Å²) in [4.78, 5) is 12.1. The number of ether oxygens (including phenoxy) is 2. The third-order valence-electron chi connectivity index (χ3n) is 7.52. The highest BCUT2D eigenvalue weighted by molar-refractivity contribution is 7.08. The number of rotatable bonds is 10. The van der Waals surface area contributed by atoms with Crippen molar-refractivity contribution in [3.63, 3.8) is 0 Å². The van der Waals surface area contributed by atoms with Crippen LogP contribution in [0.5, 0.6) is 11.5 Å². The van der Waals surface area contributed by atoms with Crippen molar-refractivity contribution >= 4 is 28.8 Å². The summed E-state index contributed by atoms with van der Waals surface area (Å²) in [7, 11) is 3.35. The molecule has 0 aliphatic heterocycles. The van der Waals surface area contributed by atoms with E-state index in [4.69, 9.17) is 26.2 Å². The molecule has 3 aromatic carbocycles. The number of carbonyl (C=O) groups excluding carboxylic acids is 1. The molecular formula is C33H30ClN3O3S. The molecule has 5 aromatic rings. The molecule has 6 nitrogen and oxygen atoms in total. The summed E-state index contributed by atoms with van der Waals surface area (Å²) in [5.74, 6) is 1.86. The normalized spacial score (nSPS) is 11.8. The Morgan fingerprint density at radius 2 is 1.68 bits per heavy atom. The van der Waals surface area contributed by atoms with E-state index in [1.807, 2.05) is 24.3 Å². The van der Waals surface area contributed by atoms with E-state index >= 15 is 0 Å². The Hall–Kier alpha value is -4.07. The molecule has 1 aliphatic carbocycles. The van der Waals surface area contributed by atoms with E-state index in [1.165, 1.54) is 11.1 Å². The lowest BCUT2D eigenvalue weighted by Crippen LogP contribution is -2.22. The Kier molecular flexibility index (Phi) is 7.81. The fourth-order valence-electron chi connectivity index (χ4n) is 5.46. The number of hydrogen-bond donors (Lipinski definition) is 1. The molecule has 0 saturated heterocycles. The third kappa shape index (κ3) is 5.35. The lowest BCUT2D eigenvalue weighted by Gasteiger charge is -2.22. The first-order valence-corrected chi connectivity index (χ1v) is 14.9. The van der Waals surface area contributed by atoms with E-state index in [2.05, 4.69) is 69.3 Å². The van der Waals surface area contributed by atoms with Gasteiger partial charge in [0.1, 0.15) is 17.5 Å². The van der Waals surface area contributed by atoms with Crippen LogP contribution in [0.1, 0.15) is 40.3 Å². The number of benzene rings is 3. The van der Waals surface area contributed by atoms with Crippen molar-refractivity contribution in [3.05, 3.63) is 111 Å². The van der Waals surface area contributed by atoms with Gasteiger partial charge >= 0.3 is 0 Å². The van der Waals surface area contributed by atoms with Gasteiger partial charge in [0, 0.05) is 47.3 Å². The number of nitrogens with zero attached hydrogens (tertiary/aromatic N) is 2. The van der Waals surface area contributed by atoms with Crippen molar-refractivity contribution in [2.45, 2.75) is 25.4 Å². The lowest BCUT2D eigenvalue weighted by atomic mass is 9.97. The number of methoxy groups -OCH3 is 2. The number of thiophene rings is 1. The van der Waals surface area contributed by atoms with Crippen LogP contribution in [0.3, 0.4) is 0 Å². The second-order valence-electron chi connectivity index (χ2n) is 9.97. The highest BCUT2D eigenvalue weighted by atomic mass is 35.5. The quantitative estimate of drug-likeness (QED) is 0.175. The number of nitrogens with one attached hydrogen (secondary N) is 1. The Bertz CT molecular complexity index is 1610. The average Bonchev–Trinajstić information content (AvgIpc) is 3.74. The van der Waals surface area contributed by atoms with Crippen molar-refractivity contribution in [1.29, 1.82) is 0 Å². The first-order valence-electron chi connectivity index (χ1n) is 13.5. The molecular weight excluding hydrogens is 554 g/mol. The summed E-state index contributed by atoms with van der Waals surface area (Å²) in [6.07, 6.45) is 1.10. The summed E-state index contributed by atoms with van der Waals surface area (Å²) in [5.41, 5.74) is 10.1. The van der Waals surface area contributed by atoms with E-state index in [0.717, 1.165) is 57.1 Å². The minimum absolute atomic E-state index is 0.0509. The monoisotopic (exact) mass is 583 g/mol. The van der Waals surface area contributed by atoms with Crippen molar-refractivity contribution in [1.82, 2.24) is 15.1 Å². The van der Waals surface area contributed by atoms with Crippen LogP contribution in [0.4, 0.5) is 0 Å². The molecule has 6 rings (SSSR count). The molecule has 1 aliphatic rings. The fraction of sp³-hybridized carbons (Fsp3) is 0.212. The predicted octanol–water partition coefficient (Wildman–Crippen LogP) is 7.08. The molecule has 0 radical (unpaired) electrons. The van der Waals surface area contributed by atoms with Gasteiger partial charge in [0.25, 0.3) is 0 Å². The van der Waals surface area contributed by atoms with E-state index < -0.39 is 0 Å². The van der Waals surface area contributed by atoms with Gasteiger partial charge in [0.15, 0.2) is 0 Å². The van der Waals surface area contributed by atoms with Crippen LogP contribution < -0.4 is 14.8 Å². The first kappa shape index (κ1) is 27.1. The zero-order chi connectivity index (χ0) is 28.3. The summed E-state index contributed by atoms with van der Waals surface area (Å²) < 4.78 is 13.1. The molecule has 8 heteroatoms. The molecule has 0 saturated carbocycles. The van der Waals surface area contributed by atoms with E-state index in [1.54, 1.807) is 25.6 Å². The van der Waals surface area contributed by atoms with Gasteiger partial charge in [-0.05, 0) is 64.0 Å². The first-order chi connectivity index (χ1) is 20.1. The van der Waals surface area contributed by atoms with Crippen molar-refractivity contribution in [3.8, 4) is 34.0 Å². The van der Waals surface area contributed by atoms with Gasteiger partial charge in [-0.2, -0.15) is 16.4 Å². The summed E-state index contributed by atoms with van der Waals surface area (Å²) in [5, 5.41) is 12.5. The molecule has 2 aromatic heterocycles. The number of carbonyl (C=O) groups is 1.